The highest BCUT2D eigenvalue weighted by molar-refractivity contribution is 5.98. The van der Waals surface area contributed by atoms with Gasteiger partial charge in [0.2, 0.25) is 0 Å². The molecule has 148 valence electrons. The Labute approximate surface area is 166 Å². The number of carboxylic acid groups (broad SMARTS) is 1. The molecule has 0 saturated heterocycles. The van der Waals surface area contributed by atoms with Crippen LogP contribution in [0.1, 0.15) is 46.1 Å². The molecule has 0 saturated carbocycles. The van der Waals surface area contributed by atoms with Gasteiger partial charge in [-0.1, -0.05) is 62.4 Å². The van der Waals surface area contributed by atoms with Crippen molar-refractivity contribution in [3.05, 3.63) is 76.9 Å². The van der Waals surface area contributed by atoms with Gasteiger partial charge in [-0.15, -0.1) is 0 Å². The lowest BCUT2D eigenvalue weighted by Crippen LogP contribution is -2.49. The summed E-state index contributed by atoms with van der Waals surface area (Å²) in [5.41, 5.74) is 0.774. The van der Waals surface area contributed by atoms with Crippen molar-refractivity contribution >= 4 is 17.8 Å². The van der Waals surface area contributed by atoms with Crippen LogP contribution in [-0.2, 0) is 9.59 Å². The van der Waals surface area contributed by atoms with Crippen LogP contribution in [0, 0.1) is 5.41 Å². The van der Waals surface area contributed by atoms with E-state index in [-0.39, 0.29) is 12.2 Å². The number of rotatable bonds is 6. The third kappa shape index (κ3) is 4.76. The quantitative estimate of drug-likeness (QED) is 0.553. The lowest BCUT2D eigenvalue weighted by molar-refractivity contribution is -0.131. The van der Waals surface area contributed by atoms with Crippen LogP contribution in [0.4, 0.5) is 0 Å². The summed E-state index contributed by atoms with van der Waals surface area (Å²) in [5, 5.41) is 20.3. The molecule has 1 aliphatic rings. The minimum Gasteiger partial charge on any atom is -0.478 e. The van der Waals surface area contributed by atoms with Crippen molar-refractivity contribution in [1.82, 2.24) is 0 Å². The molecule has 1 aromatic carbocycles. The van der Waals surface area contributed by atoms with Gasteiger partial charge in [0.25, 0.3) is 0 Å². The average molecular weight is 380 g/mol. The minimum atomic E-state index is -1.33. The van der Waals surface area contributed by atoms with Crippen molar-refractivity contribution in [3.8, 4) is 0 Å². The highest BCUT2D eigenvalue weighted by Crippen LogP contribution is 2.47. The smallest absolute Gasteiger partial charge is 0.328 e. The fourth-order valence-corrected chi connectivity index (χ4v) is 3.58. The van der Waals surface area contributed by atoms with Gasteiger partial charge in [-0.05, 0) is 43.1 Å². The van der Waals surface area contributed by atoms with Gasteiger partial charge in [0.1, 0.15) is 5.60 Å². The van der Waals surface area contributed by atoms with Gasteiger partial charge < -0.3 is 10.2 Å². The number of hydrogen-bond donors (Lipinski definition) is 2. The second-order valence-corrected chi connectivity index (χ2v) is 7.93. The minimum absolute atomic E-state index is 0.0380. The molecule has 4 heteroatoms. The summed E-state index contributed by atoms with van der Waals surface area (Å²) in [6.07, 6.45) is 8.86. The van der Waals surface area contributed by atoms with Crippen LogP contribution in [0.2, 0.25) is 0 Å². The Bertz CT molecular complexity index is 869. The van der Waals surface area contributed by atoms with Crippen LogP contribution >= 0.6 is 0 Å². The van der Waals surface area contributed by atoms with E-state index in [2.05, 4.69) is 0 Å². The number of carbonyl (C=O) groups excluding carboxylic acids is 1. The Morgan fingerprint density at radius 3 is 2.46 bits per heavy atom. The molecule has 0 bridgehead atoms. The number of ketones is 1. The molecular weight excluding hydrogens is 352 g/mol. The Balaban J connectivity index is 2.37. The molecule has 2 rings (SSSR count). The van der Waals surface area contributed by atoms with Crippen LogP contribution in [0.3, 0.4) is 0 Å². The molecule has 0 heterocycles. The normalized spacial score (nSPS) is 23.0. The van der Waals surface area contributed by atoms with E-state index in [0.29, 0.717) is 23.1 Å². The Kier molecular flexibility index (Phi) is 6.57. The van der Waals surface area contributed by atoms with E-state index < -0.39 is 17.0 Å². The lowest BCUT2D eigenvalue weighted by Gasteiger charge is -2.45. The molecule has 2 N–H and O–H groups in total. The van der Waals surface area contributed by atoms with E-state index in [4.69, 9.17) is 5.11 Å². The predicted molar refractivity (Wildman–Crippen MR) is 112 cm³/mol. The summed E-state index contributed by atoms with van der Waals surface area (Å²) in [6, 6.07) is 9.83. The standard InChI is InChI=1S/C24H28O4/c1-17(15-22(26)27)13-14-24(28)18(2)20(21(25)16-23(24,3)4)12-8-11-19-9-6-5-7-10-19/h5-11,13-15,28H,12,16H2,1-4H3,(H,26,27)/b11-8+,14-13+,17-15-/t24-/m0/s1. The van der Waals surface area contributed by atoms with Crippen molar-refractivity contribution in [2.75, 3.05) is 0 Å². The van der Waals surface area contributed by atoms with E-state index >= 15 is 0 Å². The van der Waals surface area contributed by atoms with Gasteiger partial charge in [0, 0.05) is 23.5 Å². The molecule has 28 heavy (non-hydrogen) atoms. The predicted octanol–water partition coefficient (Wildman–Crippen LogP) is 4.72. The maximum Gasteiger partial charge on any atom is 0.328 e. The van der Waals surface area contributed by atoms with Gasteiger partial charge in [-0.3, -0.25) is 4.79 Å². The second kappa shape index (κ2) is 8.53. The first-order valence-corrected chi connectivity index (χ1v) is 9.35. The number of aliphatic hydroxyl groups is 1. The summed E-state index contributed by atoms with van der Waals surface area (Å²) >= 11 is 0. The fraction of sp³-hybridized carbons (Fsp3) is 0.333. The molecule has 1 atom stereocenters. The molecule has 1 aliphatic carbocycles. The summed E-state index contributed by atoms with van der Waals surface area (Å²) in [7, 11) is 0. The van der Waals surface area contributed by atoms with E-state index in [1.54, 1.807) is 26.0 Å². The summed E-state index contributed by atoms with van der Waals surface area (Å²) in [4.78, 5) is 23.5. The summed E-state index contributed by atoms with van der Waals surface area (Å²) in [6.45, 7) is 7.15. The number of carbonyl (C=O) groups is 2. The van der Waals surface area contributed by atoms with Crippen molar-refractivity contribution in [1.29, 1.82) is 0 Å². The van der Waals surface area contributed by atoms with Gasteiger partial charge in [0.15, 0.2) is 5.78 Å². The van der Waals surface area contributed by atoms with Crippen molar-refractivity contribution in [2.24, 2.45) is 5.41 Å². The zero-order chi connectivity index (χ0) is 20.9. The lowest BCUT2D eigenvalue weighted by atomic mass is 9.62. The van der Waals surface area contributed by atoms with Crippen LogP contribution in [0.25, 0.3) is 6.08 Å². The van der Waals surface area contributed by atoms with Crippen molar-refractivity contribution in [3.63, 3.8) is 0 Å². The maximum absolute atomic E-state index is 12.7. The van der Waals surface area contributed by atoms with Gasteiger partial charge in [-0.2, -0.15) is 0 Å². The SMILES string of the molecule is CC1=C(C/C=C/c2ccccc2)C(=O)CC(C)(C)[C@]1(O)/C=C/C(C)=C\C(=O)O. The average Bonchev–Trinajstić information content (AvgIpc) is 2.61. The molecule has 0 amide bonds. The Morgan fingerprint density at radius 2 is 1.86 bits per heavy atom. The number of Topliss-reactive ketones (excluding diaryl/α,β-unsaturated/α-hetero) is 1. The van der Waals surface area contributed by atoms with Gasteiger partial charge in [-0.25, -0.2) is 4.79 Å². The molecule has 0 fully saturated rings. The van der Waals surface area contributed by atoms with Crippen LogP contribution in [0.15, 0.2) is 71.4 Å². The molecular formula is C24H28O4. The summed E-state index contributed by atoms with van der Waals surface area (Å²) in [5.74, 6) is -0.998. The number of benzene rings is 1. The van der Waals surface area contributed by atoms with Crippen molar-refractivity contribution < 1.29 is 19.8 Å². The van der Waals surface area contributed by atoms with Crippen LogP contribution in [0.5, 0.6) is 0 Å². The Hall–Kier alpha value is -2.72. The number of carboxylic acids is 1. The van der Waals surface area contributed by atoms with Crippen LogP contribution in [-0.4, -0.2) is 27.6 Å². The zero-order valence-corrected chi connectivity index (χ0v) is 16.9. The third-order valence-corrected chi connectivity index (χ3v) is 5.37. The third-order valence-electron chi connectivity index (χ3n) is 5.37. The molecule has 0 radical (unpaired) electrons. The molecule has 4 nitrogen and oxygen atoms in total. The van der Waals surface area contributed by atoms with E-state index in [1.807, 2.05) is 56.3 Å². The summed E-state index contributed by atoms with van der Waals surface area (Å²) < 4.78 is 0. The second-order valence-electron chi connectivity index (χ2n) is 7.93. The topological polar surface area (TPSA) is 74.6 Å². The fourth-order valence-electron chi connectivity index (χ4n) is 3.58. The number of hydrogen-bond acceptors (Lipinski definition) is 3. The van der Waals surface area contributed by atoms with Crippen molar-refractivity contribution in [2.45, 2.75) is 46.1 Å². The molecule has 1 aromatic rings. The number of allylic oxidation sites excluding steroid dienone is 4. The Morgan fingerprint density at radius 1 is 1.21 bits per heavy atom. The first-order chi connectivity index (χ1) is 13.1. The zero-order valence-electron chi connectivity index (χ0n) is 16.9. The monoisotopic (exact) mass is 380 g/mol. The van der Waals surface area contributed by atoms with Gasteiger partial charge in [0.05, 0.1) is 0 Å². The van der Waals surface area contributed by atoms with E-state index in [9.17, 15) is 14.7 Å². The van der Waals surface area contributed by atoms with Gasteiger partial charge >= 0.3 is 5.97 Å². The maximum atomic E-state index is 12.7. The highest BCUT2D eigenvalue weighted by atomic mass is 16.4. The first-order valence-electron chi connectivity index (χ1n) is 9.35. The highest BCUT2D eigenvalue weighted by Gasteiger charge is 2.49. The van der Waals surface area contributed by atoms with Crippen LogP contribution < -0.4 is 0 Å². The number of aliphatic carboxylic acids is 1. The molecule has 0 unspecified atom stereocenters. The largest absolute Gasteiger partial charge is 0.478 e. The van der Waals surface area contributed by atoms with E-state index in [0.717, 1.165) is 11.6 Å². The van der Waals surface area contributed by atoms with E-state index in [1.165, 1.54) is 0 Å². The molecule has 0 spiro atoms. The molecule has 0 aliphatic heterocycles. The molecule has 0 aromatic heterocycles. The first kappa shape index (κ1) is 21.6.